The highest BCUT2D eigenvalue weighted by Crippen LogP contribution is 2.46. The van der Waals surface area contributed by atoms with Gasteiger partial charge in [0.1, 0.15) is 11.9 Å². The molecule has 1 aromatic carbocycles. The van der Waals surface area contributed by atoms with E-state index in [4.69, 9.17) is 4.74 Å². The molecule has 2 aliphatic heterocycles. The lowest BCUT2D eigenvalue weighted by molar-refractivity contribution is -0.150. The van der Waals surface area contributed by atoms with Crippen LogP contribution in [0.4, 0.5) is 5.69 Å². The van der Waals surface area contributed by atoms with Crippen molar-refractivity contribution in [3.63, 3.8) is 0 Å². The average Bonchev–Trinajstić information content (AvgIpc) is 2.97. The summed E-state index contributed by atoms with van der Waals surface area (Å²) in [6.45, 7) is 5.08. The van der Waals surface area contributed by atoms with Gasteiger partial charge in [0.05, 0.1) is 5.41 Å². The van der Waals surface area contributed by atoms with Crippen LogP contribution in [0.1, 0.15) is 44.9 Å². The van der Waals surface area contributed by atoms with E-state index < -0.39 is 0 Å². The summed E-state index contributed by atoms with van der Waals surface area (Å²) in [5, 5.41) is 9.42. The van der Waals surface area contributed by atoms with Gasteiger partial charge < -0.3 is 14.7 Å². The van der Waals surface area contributed by atoms with Crippen molar-refractivity contribution >= 4 is 11.7 Å². The maximum absolute atomic E-state index is 12.4. The highest BCUT2D eigenvalue weighted by Gasteiger charge is 2.48. The van der Waals surface area contributed by atoms with Crippen LogP contribution < -0.4 is 4.90 Å². The van der Waals surface area contributed by atoms with Crippen molar-refractivity contribution in [3.05, 3.63) is 24.3 Å². The SMILES string of the molecule is O=C1O[C@@H](CCN2CCN(c3ccc(O)cc3)CC2)CC12CCCCC2. The number of aromatic hydroxyl groups is 1. The number of anilines is 1. The molecule has 1 saturated carbocycles. The summed E-state index contributed by atoms with van der Waals surface area (Å²) in [6.07, 6.45) is 7.73. The number of hydrogen-bond donors (Lipinski definition) is 1. The summed E-state index contributed by atoms with van der Waals surface area (Å²) in [7, 11) is 0. The Morgan fingerprint density at radius 1 is 1.04 bits per heavy atom. The van der Waals surface area contributed by atoms with Gasteiger partial charge in [-0.1, -0.05) is 19.3 Å². The van der Waals surface area contributed by atoms with Crippen LogP contribution in [0.2, 0.25) is 0 Å². The van der Waals surface area contributed by atoms with Crippen LogP contribution in [0, 0.1) is 5.41 Å². The van der Waals surface area contributed by atoms with Crippen LogP contribution in [-0.4, -0.2) is 54.8 Å². The van der Waals surface area contributed by atoms with Gasteiger partial charge in [0.25, 0.3) is 0 Å². The van der Waals surface area contributed by atoms with E-state index in [2.05, 4.69) is 9.80 Å². The zero-order chi connectivity index (χ0) is 18.0. The van der Waals surface area contributed by atoms with Gasteiger partial charge in [-0.2, -0.15) is 0 Å². The number of piperazine rings is 1. The molecule has 0 radical (unpaired) electrons. The number of phenolic OH excluding ortho intramolecular Hbond substituents is 1. The van der Waals surface area contributed by atoms with Crippen molar-refractivity contribution in [3.8, 4) is 5.75 Å². The van der Waals surface area contributed by atoms with Gasteiger partial charge in [-0.25, -0.2) is 0 Å². The molecule has 5 heteroatoms. The molecule has 1 aromatic rings. The first-order valence-corrected chi connectivity index (χ1v) is 10.1. The van der Waals surface area contributed by atoms with Gasteiger partial charge in [0.15, 0.2) is 0 Å². The molecule has 5 nitrogen and oxygen atoms in total. The van der Waals surface area contributed by atoms with Crippen LogP contribution in [0.5, 0.6) is 5.75 Å². The zero-order valence-electron chi connectivity index (χ0n) is 15.5. The lowest BCUT2D eigenvalue weighted by Crippen LogP contribution is -2.47. The number of rotatable bonds is 4. The van der Waals surface area contributed by atoms with E-state index in [-0.39, 0.29) is 17.5 Å². The van der Waals surface area contributed by atoms with Crippen LogP contribution in [0.15, 0.2) is 24.3 Å². The average molecular weight is 358 g/mol. The highest BCUT2D eigenvalue weighted by molar-refractivity contribution is 5.79. The Bertz CT molecular complexity index is 617. The van der Waals surface area contributed by atoms with Crippen LogP contribution in [0.25, 0.3) is 0 Å². The van der Waals surface area contributed by atoms with Crippen molar-refractivity contribution in [2.45, 2.75) is 51.0 Å². The van der Waals surface area contributed by atoms with Gasteiger partial charge in [0.2, 0.25) is 0 Å². The first kappa shape index (κ1) is 17.7. The fourth-order valence-corrected chi connectivity index (χ4v) is 4.85. The number of carbonyl (C=O) groups is 1. The van der Waals surface area contributed by atoms with Gasteiger partial charge in [-0.3, -0.25) is 9.69 Å². The molecule has 142 valence electrons. The van der Waals surface area contributed by atoms with Gasteiger partial charge >= 0.3 is 5.97 Å². The van der Waals surface area contributed by atoms with Crippen LogP contribution in [0.3, 0.4) is 0 Å². The highest BCUT2D eigenvalue weighted by atomic mass is 16.6. The minimum atomic E-state index is -0.138. The number of carbonyl (C=O) groups excluding carboxylic acids is 1. The predicted molar refractivity (Wildman–Crippen MR) is 101 cm³/mol. The Labute approximate surface area is 155 Å². The summed E-state index contributed by atoms with van der Waals surface area (Å²) >= 11 is 0. The predicted octanol–water partition coefficient (Wildman–Crippen LogP) is 3.17. The van der Waals surface area contributed by atoms with E-state index in [1.54, 1.807) is 12.1 Å². The van der Waals surface area contributed by atoms with Gasteiger partial charge in [-0.15, -0.1) is 0 Å². The maximum Gasteiger partial charge on any atom is 0.312 e. The summed E-state index contributed by atoms with van der Waals surface area (Å²) in [5.74, 6) is 0.397. The minimum absolute atomic E-state index is 0.0827. The Kier molecular flexibility index (Phi) is 5.07. The molecule has 0 amide bonds. The normalized spacial score (nSPS) is 26.2. The van der Waals surface area contributed by atoms with Gasteiger partial charge in [0, 0.05) is 44.8 Å². The van der Waals surface area contributed by atoms with E-state index in [0.717, 1.165) is 58.4 Å². The van der Waals surface area contributed by atoms with Crippen LogP contribution in [-0.2, 0) is 9.53 Å². The number of nitrogens with zero attached hydrogens (tertiary/aromatic N) is 2. The second kappa shape index (κ2) is 7.47. The van der Waals surface area contributed by atoms with E-state index >= 15 is 0 Å². The fraction of sp³-hybridized carbons (Fsp3) is 0.667. The van der Waals surface area contributed by atoms with Crippen molar-refractivity contribution in [1.29, 1.82) is 0 Å². The number of ether oxygens (including phenoxy) is 1. The molecule has 4 rings (SSSR count). The number of hydrogen-bond acceptors (Lipinski definition) is 5. The third kappa shape index (κ3) is 3.68. The second-order valence-electron chi connectivity index (χ2n) is 8.21. The van der Waals surface area contributed by atoms with E-state index in [1.165, 1.54) is 24.9 Å². The monoisotopic (exact) mass is 358 g/mol. The van der Waals surface area contributed by atoms with Crippen molar-refractivity contribution in [1.82, 2.24) is 4.90 Å². The number of benzene rings is 1. The third-order valence-electron chi connectivity index (χ3n) is 6.49. The maximum atomic E-state index is 12.4. The molecule has 1 N–H and O–H groups in total. The van der Waals surface area contributed by atoms with E-state index in [0.29, 0.717) is 5.75 Å². The van der Waals surface area contributed by atoms with Crippen molar-refractivity contribution in [2.24, 2.45) is 5.41 Å². The quantitative estimate of drug-likeness (QED) is 0.838. The largest absolute Gasteiger partial charge is 0.508 e. The first-order valence-electron chi connectivity index (χ1n) is 10.1. The molecule has 0 unspecified atom stereocenters. The number of cyclic esters (lactones) is 1. The molecular weight excluding hydrogens is 328 g/mol. The molecule has 26 heavy (non-hydrogen) atoms. The molecule has 2 saturated heterocycles. The molecule has 1 aliphatic carbocycles. The number of esters is 1. The Morgan fingerprint density at radius 2 is 1.73 bits per heavy atom. The standard InChI is InChI=1S/C21H30N2O3/c24-18-6-4-17(5-7-18)23-14-12-22(13-15-23)11-8-19-16-21(20(25)26-19)9-2-1-3-10-21/h4-7,19,24H,1-3,8-16H2/t19-/m0/s1. The number of phenols is 1. The third-order valence-corrected chi connectivity index (χ3v) is 6.49. The Hall–Kier alpha value is -1.75. The molecule has 1 atom stereocenters. The molecule has 2 heterocycles. The molecule has 0 bridgehead atoms. The van der Waals surface area contributed by atoms with Crippen molar-refractivity contribution < 1.29 is 14.6 Å². The van der Waals surface area contributed by atoms with E-state index in [1.807, 2.05) is 12.1 Å². The Morgan fingerprint density at radius 3 is 2.42 bits per heavy atom. The summed E-state index contributed by atoms with van der Waals surface area (Å²) in [5.41, 5.74) is 1.03. The second-order valence-corrected chi connectivity index (χ2v) is 8.21. The van der Waals surface area contributed by atoms with Crippen molar-refractivity contribution in [2.75, 3.05) is 37.6 Å². The topological polar surface area (TPSA) is 53.0 Å². The molecule has 0 aromatic heterocycles. The zero-order valence-corrected chi connectivity index (χ0v) is 15.5. The van der Waals surface area contributed by atoms with Crippen LogP contribution >= 0.6 is 0 Å². The molecular formula is C21H30N2O3. The fourth-order valence-electron chi connectivity index (χ4n) is 4.85. The summed E-state index contributed by atoms with van der Waals surface area (Å²) in [6, 6.07) is 7.45. The van der Waals surface area contributed by atoms with Gasteiger partial charge in [-0.05, 0) is 43.5 Å². The summed E-state index contributed by atoms with van der Waals surface area (Å²) < 4.78 is 5.75. The molecule has 1 spiro atoms. The minimum Gasteiger partial charge on any atom is -0.508 e. The molecule has 3 fully saturated rings. The van der Waals surface area contributed by atoms with E-state index in [9.17, 15) is 9.90 Å². The first-order chi connectivity index (χ1) is 12.6. The smallest absolute Gasteiger partial charge is 0.312 e. The summed E-state index contributed by atoms with van der Waals surface area (Å²) in [4.78, 5) is 17.2. The lowest BCUT2D eigenvalue weighted by atomic mass is 9.72. The lowest BCUT2D eigenvalue weighted by Gasteiger charge is -2.36. The Balaban J connectivity index is 1.23. The molecule has 3 aliphatic rings.